The number of carboxylic acids is 1. The molecule has 3 heterocycles. The number of aromatic amines is 1. The zero-order valence-corrected chi connectivity index (χ0v) is 21.9. The van der Waals surface area contributed by atoms with Crippen molar-refractivity contribution in [2.24, 2.45) is 0 Å². The Kier molecular flexibility index (Phi) is 7.39. The Labute approximate surface area is 223 Å². The van der Waals surface area contributed by atoms with E-state index < -0.39 is 5.97 Å². The number of aryl methyl sites for hydroxylation is 2. The Morgan fingerprint density at radius 1 is 1.09 bits per heavy atom. The topological polar surface area (TPSA) is 122 Å². The van der Waals surface area contributed by atoms with E-state index in [0.717, 1.165) is 46.5 Å². The van der Waals surface area contributed by atoms with E-state index in [-0.39, 0.29) is 35.3 Å². The van der Waals surface area contributed by atoms with Gasteiger partial charge in [-0.2, -0.15) is 0 Å². The van der Waals surface area contributed by atoms with Crippen molar-refractivity contribution in [1.82, 2.24) is 35.2 Å². The SMILES string of the molecule is CCCc1nc2c(C)cnc(C(=O)O)c2n1Cc1ccc(-c2ccccc2-c2nnn[nH]2)cc1.[Na]. The molecule has 5 rings (SSSR count). The van der Waals surface area contributed by atoms with Crippen molar-refractivity contribution in [2.75, 3.05) is 0 Å². The van der Waals surface area contributed by atoms with E-state index in [9.17, 15) is 9.90 Å². The van der Waals surface area contributed by atoms with Crippen LogP contribution in [0.3, 0.4) is 0 Å². The average molecular weight is 476 g/mol. The molecule has 0 atom stereocenters. The molecule has 0 aliphatic carbocycles. The van der Waals surface area contributed by atoms with Gasteiger partial charge in [0.1, 0.15) is 11.3 Å². The van der Waals surface area contributed by atoms with Crippen LogP contribution in [0.4, 0.5) is 0 Å². The summed E-state index contributed by atoms with van der Waals surface area (Å²) in [7, 11) is 0. The van der Waals surface area contributed by atoms with Gasteiger partial charge in [-0.25, -0.2) is 19.9 Å². The predicted octanol–water partition coefficient (Wildman–Crippen LogP) is 3.91. The van der Waals surface area contributed by atoms with Gasteiger partial charge in [0, 0.05) is 54.3 Å². The number of rotatable bonds is 7. The Bertz CT molecular complexity index is 1480. The number of fused-ring (bicyclic) bond motifs is 1. The molecule has 9 nitrogen and oxygen atoms in total. The fraction of sp³-hybridized carbons (Fsp3) is 0.200. The molecule has 0 unspecified atom stereocenters. The van der Waals surface area contributed by atoms with Crippen LogP contribution in [-0.4, -0.2) is 75.8 Å². The smallest absolute Gasteiger partial charge is 0.356 e. The van der Waals surface area contributed by atoms with Crippen LogP contribution in [0.1, 0.15) is 40.8 Å². The van der Waals surface area contributed by atoms with Gasteiger partial charge in [0.2, 0.25) is 0 Å². The summed E-state index contributed by atoms with van der Waals surface area (Å²) in [4.78, 5) is 20.9. The Morgan fingerprint density at radius 2 is 1.83 bits per heavy atom. The van der Waals surface area contributed by atoms with Gasteiger partial charge in [-0.05, 0) is 46.0 Å². The largest absolute Gasteiger partial charge is 0.476 e. The molecule has 0 aliphatic rings. The van der Waals surface area contributed by atoms with Crippen LogP contribution in [0.15, 0.2) is 54.7 Å². The summed E-state index contributed by atoms with van der Waals surface area (Å²) in [6.07, 6.45) is 3.24. The summed E-state index contributed by atoms with van der Waals surface area (Å²) in [6, 6.07) is 16.1. The number of aromatic nitrogens is 7. The van der Waals surface area contributed by atoms with Crippen LogP contribution in [0.25, 0.3) is 33.5 Å². The Balaban J connectivity index is 0.00000289. The maximum atomic E-state index is 11.9. The zero-order chi connectivity index (χ0) is 23.7. The molecule has 3 aromatic heterocycles. The van der Waals surface area contributed by atoms with Gasteiger partial charge >= 0.3 is 5.97 Å². The molecule has 0 saturated carbocycles. The van der Waals surface area contributed by atoms with Crippen molar-refractivity contribution in [1.29, 1.82) is 0 Å². The number of imidazole rings is 1. The van der Waals surface area contributed by atoms with E-state index in [4.69, 9.17) is 4.98 Å². The number of hydrogen-bond acceptors (Lipinski definition) is 6. The van der Waals surface area contributed by atoms with Gasteiger partial charge in [0.15, 0.2) is 11.5 Å². The van der Waals surface area contributed by atoms with E-state index in [2.05, 4.69) is 56.8 Å². The second-order valence-corrected chi connectivity index (χ2v) is 8.15. The molecule has 35 heavy (non-hydrogen) atoms. The molecule has 2 N–H and O–H groups in total. The second-order valence-electron chi connectivity index (χ2n) is 8.15. The van der Waals surface area contributed by atoms with Gasteiger partial charge in [-0.3, -0.25) is 0 Å². The number of benzene rings is 2. The number of aromatic carboxylic acids is 1. The van der Waals surface area contributed by atoms with E-state index in [0.29, 0.717) is 23.4 Å². The minimum Gasteiger partial charge on any atom is -0.476 e. The van der Waals surface area contributed by atoms with E-state index in [1.54, 1.807) is 6.20 Å². The molecule has 0 spiro atoms. The zero-order valence-electron chi connectivity index (χ0n) is 19.9. The average Bonchev–Trinajstić information content (AvgIpc) is 3.50. The molecule has 0 amide bonds. The van der Waals surface area contributed by atoms with Crippen LogP contribution in [0.2, 0.25) is 0 Å². The summed E-state index contributed by atoms with van der Waals surface area (Å²) in [6.45, 7) is 4.50. The number of hydrogen-bond donors (Lipinski definition) is 2. The van der Waals surface area contributed by atoms with Crippen molar-refractivity contribution < 1.29 is 9.90 Å². The second kappa shape index (κ2) is 10.5. The van der Waals surface area contributed by atoms with Crippen molar-refractivity contribution in [3.8, 4) is 22.5 Å². The molecule has 0 saturated heterocycles. The van der Waals surface area contributed by atoms with Gasteiger partial charge < -0.3 is 9.67 Å². The third-order valence-corrected chi connectivity index (χ3v) is 5.84. The first-order valence-electron chi connectivity index (χ1n) is 11.1. The molecule has 0 aliphatic heterocycles. The molecule has 2 aromatic carbocycles. The number of nitrogens with zero attached hydrogens (tertiary/aromatic N) is 6. The first-order valence-corrected chi connectivity index (χ1v) is 11.1. The predicted molar refractivity (Wildman–Crippen MR) is 133 cm³/mol. The van der Waals surface area contributed by atoms with E-state index in [1.165, 1.54) is 0 Å². The summed E-state index contributed by atoms with van der Waals surface area (Å²) in [5.41, 5.74) is 6.16. The minimum absolute atomic E-state index is 0. The van der Waals surface area contributed by atoms with E-state index in [1.807, 2.05) is 35.8 Å². The van der Waals surface area contributed by atoms with Gasteiger partial charge in [-0.15, -0.1) is 5.10 Å². The molecule has 5 aromatic rings. The first-order chi connectivity index (χ1) is 16.6. The summed E-state index contributed by atoms with van der Waals surface area (Å²) in [5, 5.41) is 24.0. The monoisotopic (exact) mass is 476 g/mol. The van der Waals surface area contributed by atoms with E-state index >= 15 is 0 Å². The van der Waals surface area contributed by atoms with Crippen LogP contribution in [0.5, 0.6) is 0 Å². The van der Waals surface area contributed by atoms with Crippen molar-refractivity contribution in [3.63, 3.8) is 0 Å². The molecule has 10 heteroatoms. The normalized spacial score (nSPS) is 10.9. The molecule has 171 valence electrons. The van der Waals surface area contributed by atoms with Crippen LogP contribution >= 0.6 is 0 Å². The van der Waals surface area contributed by atoms with Crippen LogP contribution < -0.4 is 0 Å². The third-order valence-electron chi connectivity index (χ3n) is 5.84. The van der Waals surface area contributed by atoms with Crippen LogP contribution in [0, 0.1) is 6.92 Å². The fourth-order valence-corrected chi connectivity index (χ4v) is 4.23. The maximum absolute atomic E-state index is 11.9. The molecule has 0 fully saturated rings. The van der Waals surface area contributed by atoms with Crippen LogP contribution in [-0.2, 0) is 13.0 Å². The first kappa shape index (κ1) is 24.7. The summed E-state index contributed by atoms with van der Waals surface area (Å²) in [5.74, 6) is 0.421. The number of H-pyrrole nitrogens is 1. The standard InChI is InChI=1S/C25H23N7O2.Na/c1-3-6-20-27-21-15(2)13-26-22(25(33)34)23(21)32(20)14-16-9-11-17(12-10-16)18-7-4-5-8-19(18)24-28-30-31-29-24;/h4-5,7-13H,3,6,14H2,1-2H3,(H,33,34)(H,28,29,30,31);. The molecule has 1 radical (unpaired) electrons. The van der Waals surface area contributed by atoms with Gasteiger partial charge in [0.25, 0.3) is 0 Å². The Hall–Kier alpha value is -3.40. The molecular weight excluding hydrogens is 453 g/mol. The molecule has 0 bridgehead atoms. The number of tetrazole rings is 1. The minimum atomic E-state index is -1.05. The van der Waals surface area contributed by atoms with Gasteiger partial charge in [-0.1, -0.05) is 55.5 Å². The number of carbonyl (C=O) groups is 1. The molecular formula is C25H23N7NaO2. The van der Waals surface area contributed by atoms with Crippen molar-refractivity contribution in [2.45, 2.75) is 33.2 Å². The van der Waals surface area contributed by atoms with Crippen molar-refractivity contribution in [3.05, 3.63) is 77.4 Å². The third kappa shape index (κ3) is 4.75. The number of carboxylic acid groups (broad SMARTS) is 1. The summed E-state index contributed by atoms with van der Waals surface area (Å²) >= 11 is 0. The number of pyridine rings is 1. The fourth-order valence-electron chi connectivity index (χ4n) is 4.23. The number of nitrogens with one attached hydrogen (secondary N) is 1. The summed E-state index contributed by atoms with van der Waals surface area (Å²) < 4.78 is 1.99. The quantitative estimate of drug-likeness (QED) is 0.342. The van der Waals surface area contributed by atoms with Gasteiger partial charge in [0.05, 0.1) is 5.52 Å². The van der Waals surface area contributed by atoms with Crippen molar-refractivity contribution >= 4 is 46.6 Å². The maximum Gasteiger partial charge on any atom is 0.356 e. The Morgan fingerprint density at radius 3 is 2.49 bits per heavy atom.